The van der Waals surface area contributed by atoms with Crippen LogP contribution in [0.3, 0.4) is 0 Å². The molecular weight excluding hydrogens is 282 g/mol. The van der Waals surface area contributed by atoms with Crippen molar-refractivity contribution in [3.05, 3.63) is 42.7 Å². The summed E-state index contributed by atoms with van der Waals surface area (Å²) in [5.74, 6) is 1.23. The molecule has 0 aliphatic rings. The van der Waals surface area contributed by atoms with Gasteiger partial charge in [-0.15, -0.1) is 0 Å². The van der Waals surface area contributed by atoms with Gasteiger partial charge in [0.15, 0.2) is 0 Å². The lowest BCUT2D eigenvalue weighted by Crippen LogP contribution is -2.18. The van der Waals surface area contributed by atoms with Gasteiger partial charge in [0.1, 0.15) is 24.2 Å². The lowest BCUT2D eigenvalue weighted by molar-refractivity contribution is 0.135. The zero-order valence-electron chi connectivity index (χ0n) is 12.5. The minimum absolute atomic E-state index is 0.132. The highest BCUT2D eigenvalue weighted by atomic mass is 16.5. The zero-order valence-corrected chi connectivity index (χ0v) is 12.5. The smallest absolute Gasteiger partial charge is 0.226 e. The molecule has 5 heteroatoms. The highest BCUT2D eigenvalue weighted by Gasteiger charge is 2.11. The Morgan fingerprint density at radius 3 is 2.95 bits per heavy atom. The van der Waals surface area contributed by atoms with E-state index in [1.165, 1.54) is 0 Å². The second-order valence-electron chi connectivity index (χ2n) is 5.17. The predicted octanol–water partition coefficient (Wildman–Crippen LogP) is 3.31. The van der Waals surface area contributed by atoms with E-state index in [0.29, 0.717) is 28.3 Å². The number of aromatic nitrogens is 1. The summed E-state index contributed by atoms with van der Waals surface area (Å²) in [6.45, 7) is 5.59. The average molecular weight is 299 g/mol. The van der Waals surface area contributed by atoms with Crippen LogP contribution in [0.1, 0.15) is 6.92 Å². The molecule has 0 aliphatic carbocycles. The number of ether oxygens (including phenoxy) is 2. The topological polar surface area (TPSA) is 64.7 Å². The normalized spacial score (nSPS) is 12.5. The molecule has 0 aliphatic heterocycles. The maximum Gasteiger partial charge on any atom is 0.226 e. The monoisotopic (exact) mass is 299 g/mol. The zero-order chi connectivity index (χ0) is 15.7. The fourth-order valence-corrected chi connectivity index (χ4v) is 2.17. The summed E-state index contributed by atoms with van der Waals surface area (Å²) in [6.07, 6.45) is 0.895. The number of pyridine rings is 1. The summed E-state index contributed by atoms with van der Waals surface area (Å²) in [5, 5.41) is 11.5. The number of furan rings is 1. The van der Waals surface area contributed by atoms with Crippen LogP contribution in [0.4, 0.5) is 0 Å². The van der Waals surface area contributed by atoms with Gasteiger partial charge in [-0.1, -0.05) is 6.58 Å². The van der Waals surface area contributed by atoms with Gasteiger partial charge in [-0.05, 0) is 24.6 Å². The summed E-state index contributed by atoms with van der Waals surface area (Å²) in [5.41, 5.74) is 1.93. The highest BCUT2D eigenvalue weighted by molar-refractivity contribution is 5.95. The van der Waals surface area contributed by atoms with E-state index in [1.807, 2.05) is 12.1 Å². The van der Waals surface area contributed by atoms with Crippen LogP contribution < -0.4 is 9.47 Å². The van der Waals surface area contributed by atoms with Crippen LogP contribution in [0.5, 0.6) is 11.5 Å². The van der Waals surface area contributed by atoms with Gasteiger partial charge in [0.25, 0.3) is 0 Å². The Morgan fingerprint density at radius 1 is 1.41 bits per heavy atom. The molecule has 3 rings (SSSR count). The minimum atomic E-state index is -0.706. The molecule has 0 fully saturated rings. The first-order chi connectivity index (χ1) is 10.6. The Kier molecular flexibility index (Phi) is 3.73. The highest BCUT2D eigenvalue weighted by Crippen LogP contribution is 2.32. The molecule has 3 aromatic rings. The third-order valence-corrected chi connectivity index (χ3v) is 3.49. The van der Waals surface area contributed by atoms with Crippen molar-refractivity contribution in [2.45, 2.75) is 13.0 Å². The summed E-state index contributed by atoms with van der Waals surface area (Å²) in [7, 11) is 1.60. The molecule has 0 amide bonds. The molecule has 0 spiro atoms. The van der Waals surface area contributed by atoms with Crippen molar-refractivity contribution >= 4 is 22.0 Å². The van der Waals surface area contributed by atoms with Crippen LogP contribution in [0.15, 0.2) is 47.1 Å². The minimum Gasteiger partial charge on any atom is -0.496 e. The largest absolute Gasteiger partial charge is 0.496 e. The van der Waals surface area contributed by atoms with Crippen molar-refractivity contribution in [1.29, 1.82) is 0 Å². The standard InChI is InChI=1S/C17H17NO4/c1-10(2)15(19)9-22-12-7-14-13(16(8-12)20-3)6-11-4-5-21-17(11)18-14/h4-8,15,19H,1,9H2,2-3H3. The molecule has 0 saturated carbocycles. The fourth-order valence-electron chi connectivity index (χ4n) is 2.17. The Bertz CT molecular complexity index is 837. The van der Waals surface area contributed by atoms with Crippen molar-refractivity contribution in [3.63, 3.8) is 0 Å². The van der Waals surface area contributed by atoms with Gasteiger partial charge in [0.05, 0.1) is 18.9 Å². The molecule has 1 N–H and O–H groups in total. The molecule has 2 heterocycles. The summed E-state index contributed by atoms with van der Waals surface area (Å²) < 4.78 is 16.4. The van der Waals surface area contributed by atoms with Crippen molar-refractivity contribution in [3.8, 4) is 11.5 Å². The first-order valence-electron chi connectivity index (χ1n) is 6.90. The number of benzene rings is 1. The lowest BCUT2D eigenvalue weighted by atomic mass is 10.1. The van der Waals surface area contributed by atoms with Gasteiger partial charge >= 0.3 is 0 Å². The SMILES string of the molecule is C=C(C)C(O)COc1cc(OC)c2cc3ccoc3nc2c1. The molecule has 0 bridgehead atoms. The second-order valence-corrected chi connectivity index (χ2v) is 5.17. The Labute approximate surface area is 127 Å². The molecule has 2 aromatic heterocycles. The van der Waals surface area contributed by atoms with Gasteiger partial charge in [-0.25, -0.2) is 4.98 Å². The van der Waals surface area contributed by atoms with Gasteiger partial charge in [0.2, 0.25) is 5.71 Å². The van der Waals surface area contributed by atoms with Crippen molar-refractivity contribution in [2.24, 2.45) is 0 Å². The van der Waals surface area contributed by atoms with Crippen molar-refractivity contribution < 1.29 is 19.0 Å². The van der Waals surface area contributed by atoms with Crippen molar-refractivity contribution in [1.82, 2.24) is 4.98 Å². The number of fused-ring (bicyclic) bond motifs is 2. The quantitative estimate of drug-likeness (QED) is 0.732. The van der Waals surface area contributed by atoms with Crippen molar-refractivity contribution in [2.75, 3.05) is 13.7 Å². The van der Waals surface area contributed by atoms with E-state index >= 15 is 0 Å². The van der Waals surface area contributed by atoms with Gasteiger partial charge in [0, 0.05) is 22.9 Å². The first-order valence-corrected chi connectivity index (χ1v) is 6.90. The van der Waals surface area contributed by atoms with Crippen LogP contribution in [0, 0.1) is 0 Å². The van der Waals surface area contributed by atoms with Crippen LogP contribution in [-0.2, 0) is 0 Å². The number of rotatable bonds is 5. The average Bonchev–Trinajstić information content (AvgIpc) is 2.96. The van der Waals surface area contributed by atoms with E-state index in [-0.39, 0.29) is 6.61 Å². The van der Waals surface area contributed by atoms with E-state index in [1.54, 1.807) is 32.4 Å². The van der Waals surface area contributed by atoms with E-state index in [2.05, 4.69) is 11.6 Å². The molecule has 114 valence electrons. The van der Waals surface area contributed by atoms with Crippen LogP contribution in [0.2, 0.25) is 0 Å². The van der Waals surface area contributed by atoms with Gasteiger partial charge in [-0.3, -0.25) is 0 Å². The lowest BCUT2D eigenvalue weighted by Gasteiger charge is -2.14. The van der Waals surface area contributed by atoms with Crippen LogP contribution in [0.25, 0.3) is 22.0 Å². The molecule has 0 radical (unpaired) electrons. The number of aliphatic hydroxyl groups is 1. The second kappa shape index (κ2) is 5.69. The maximum atomic E-state index is 9.75. The van der Waals surface area contributed by atoms with Crippen LogP contribution >= 0.6 is 0 Å². The third kappa shape index (κ3) is 2.63. The first kappa shape index (κ1) is 14.4. The maximum absolute atomic E-state index is 9.75. The summed E-state index contributed by atoms with van der Waals surface area (Å²) in [4.78, 5) is 4.46. The molecule has 22 heavy (non-hydrogen) atoms. The van der Waals surface area contributed by atoms with Gasteiger partial charge in [-0.2, -0.15) is 0 Å². The number of aliphatic hydroxyl groups excluding tert-OH is 1. The molecule has 1 unspecified atom stereocenters. The predicted molar refractivity (Wildman–Crippen MR) is 84.4 cm³/mol. The molecule has 1 atom stereocenters. The molecule has 1 aromatic carbocycles. The van der Waals surface area contributed by atoms with Crippen LogP contribution in [-0.4, -0.2) is 29.9 Å². The Morgan fingerprint density at radius 2 is 2.23 bits per heavy atom. The molecule has 5 nitrogen and oxygen atoms in total. The fraction of sp³-hybridized carbons (Fsp3) is 0.235. The third-order valence-electron chi connectivity index (χ3n) is 3.49. The van der Waals surface area contributed by atoms with E-state index in [4.69, 9.17) is 13.9 Å². The number of nitrogens with zero attached hydrogens (tertiary/aromatic N) is 1. The Hall–Kier alpha value is -2.53. The summed E-state index contributed by atoms with van der Waals surface area (Å²) >= 11 is 0. The van der Waals surface area contributed by atoms with E-state index in [0.717, 1.165) is 10.8 Å². The van der Waals surface area contributed by atoms with E-state index in [9.17, 15) is 5.11 Å². The van der Waals surface area contributed by atoms with Gasteiger partial charge < -0.3 is 19.0 Å². The van der Waals surface area contributed by atoms with E-state index < -0.39 is 6.10 Å². The molecular formula is C17H17NO4. The number of hydrogen-bond donors (Lipinski definition) is 1. The molecule has 0 saturated heterocycles. The Balaban J connectivity index is 2.01. The summed E-state index contributed by atoms with van der Waals surface area (Å²) in [6, 6.07) is 7.40. The number of methoxy groups -OCH3 is 1. The number of hydrogen-bond acceptors (Lipinski definition) is 5.